The molecule has 96 valence electrons. The number of fused-ring (bicyclic) bond motifs is 1. The summed E-state index contributed by atoms with van der Waals surface area (Å²) in [5.41, 5.74) is 2.23. The molecular weight excluding hydrogens is 224 g/mol. The Morgan fingerprint density at radius 2 is 2.06 bits per heavy atom. The van der Waals surface area contributed by atoms with Gasteiger partial charge in [-0.15, -0.1) is 0 Å². The fraction of sp³-hybridized carbons (Fsp3) is 0.533. The predicted octanol–water partition coefficient (Wildman–Crippen LogP) is 2.33. The topological polar surface area (TPSA) is 41.1 Å². The highest BCUT2D eigenvalue weighted by molar-refractivity contribution is 5.96. The molecule has 18 heavy (non-hydrogen) atoms. The van der Waals surface area contributed by atoms with E-state index in [0.717, 1.165) is 31.0 Å². The Bertz CT molecular complexity index is 440. The van der Waals surface area contributed by atoms with E-state index in [4.69, 9.17) is 0 Å². The summed E-state index contributed by atoms with van der Waals surface area (Å²) in [6, 6.07) is 8.07. The molecule has 0 aromatic heterocycles. The van der Waals surface area contributed by atoms with E-state index >= 15 is 0 Å². The van der Waals surface area contributed by atoms with Crippen LogP contribution in [0, 0.1) is 5.92 Å². The van der Waals surface area contributed by atoms with E-state index in [9.17, 15) is 4.79 Å². The van der Waals surface area contributed by atoms with Crippen molar-refractivity contribution in [2.45, 2.75) is 38.1 Å². The molecule has 0 spiro atoms. The summed E-state index contributed by atoms with van der Waals surface area (Å²) in [6.45, 7) is 0.994. The summed E-state index contributed by atoms with van der Waals surface area (Å²) in [5, 5.41) is 6.47. The SMILES string of the molecule is O=C1Nc2ccccc2CCC1NCC1CCC1. The van der Waals surface area contributed by atoms with Crippen LogP contribution in [0.15, 0.2) is 24.3 Å². The van der Waals surface area contributed by atoms with Gasteiger partial charge in [-0.05, 0) is 49.8 Å². The van der Waals surface area contributed by atoms with Crippen LogP contribution in [0.1, 0.15) is 31.2 Å². The number of para-hydroxylation sites is 1. The number of anilines is 1. The molecular formula is C15H20N2O. The lowest BCUT2D eigenvalue weighted by Crippen LogP contribution is -2.43. The van der Waals surface area contributed by atoms with E-state index in [1.807, 2.05) is 18.2 Å². The lowest BCUT2D eigenvalue weighted by atomic mass is 9.85. The number of amides is 1. The second-order valence-corrected chi connectivity index (χ2v) is 5.44. The highest BCUT2D eigenvalue weighted by atomic mass is 16.2. The molecule has 3 heteroatoms. The second-order valence-electron chi connectivity index (χ2n) is 5.44. The van der Waals surface area contributed by atoms with Crippen LogP contribution in [0.5, 0.6) is 0 Å². The Morgan fingerprint density at radius 1 is 1.22 bits per heavy atom. The summed E-state index contributed by atoms with van der Waals surface area (Å²) >= 11 is 0. The Morgan fingerprint density at radius 3 is 2.83 bits per heavy atom. The minimum absolute atomic E-state index is 0.0296. The Labute approximate surface area is 108 Å². The van der Waals surface area contributed by atoms with Gasteiger partial charge < -0.3 is 10.6 Å². The molecule has 0 radical (unpaired) electrons. The predicted molar refractivity (Wildman–Crippen MR) is 72.5 cm³/mol. The van der Waals surface area contributed by atoms with Crippen molar-refractivity contribution in [2.75, 3.05) is 11.9 Å². The van der Waals surface area contributed by atoms with Gasteiger partial charge >= 0.3 is 0 Å². The van der Waals surface area contributed by atoms with Gasteiger partial charge in [0.25, 0.3) is 0 Å². The van der Waals surface area contributed by atoms with Crippen LogP contribution < -0.4 is 10.6 Å². The van der Waals surface area contributed by atoms with E-state index in [0.29, 0.717) is 0 Å². The fourth-order valence-corrected chi connectivity index (χ4v) is 2.71. The van der Waals surface area contributed by atoms with Crippen molar-refractivity contribution in [3.05, 3.63) is 29.8 Å². The van der Waals surface area contributed by atoms with Crippen molar-refractivity contribution in [2.24, 2.45) is 5.92 Å². The number of nitrogens with one attached hydrogen (secondary N) is 2. The van der Waals surface area contributed by atoms with Crippen molar-refractivity contribution < 1.29 is 4.79 Å². The quantitative estimate of drug-likeness (QED) is 0.857. The molecule has 1 aliphatic carbocycles. The van der Waals surface area contributed by atoms with Crippen molar-refractivity contribution >= 4 is 11.6 Å². The van der Waals surface area contributed by atoms with E-state index in [1.165, 1.54) is 24.8 Å². The molecule has 1 unspecified atom stereocenters. The molecule has 1 heterocycles. The number of benzene rings is 1. The number of hydrogen-bond donors (Lipinski definition) is 2. The van der Waals surface area contributed by atoms with Crippen molar-refractivity contribution in [1.82, 2.24) is 5.32 Å². The standard InChI is InChI=1S/C15H20N2O/c18-15-14(16-10-11-4-3-5-11)9-8-12-6-1-2-7-13(12)17-15/h1-2,6-7,11,14,16H,3-5,8-10H2,(H,17,18). The van der Waals surface area contributed by atoms with E-state index in [1.54, 1.807) is 0 Å². The normalized spacial score (nSPS) is 23.8. The third kappa shape index (κ3) is 2.41. The van der Waals surface area contributed by atoms with Crippen LogP contribution in [0.3, 0.4) is 0 Å². The summed E-state index contributed by atoms with van der Waals surface area (Å²) in [5.74, 6) is 0.919. The molecule has 1 atom stereocenters. The Hall–Kier alpha value is -1.35. The van der Waals surface area contributed by atoms with Gasteiger partial charge in [0.1, 0.15) is 0 Å². The average Bonchev–Trinajstić information content (AvgIpc) is 2.47. The van der Waals surface area contributed by atoms with Gasteiger partial charge in [0.2, 0.25) is 5.91 Å². The lowest BCUT2D eigenvalue weighted by Gasteiger charge is -2.27. The van der Waals surface area contributed by atoms with Crippen LogP contribution in [0.25, 0.3) is 0 Å². The molecule has 1 fully saturated rings. The Kier molecular flexibility index (Phi) is 3.33. The van der Waals surface area contributed by atoms with Gasteiger partial charge in [-0.1, -0.05) is 24.6 Å². The molecule has 2 aliphatic rings. The van der Waals surface area contributed by atoms with Crippen molar-refractivity contribution in [3.8, 4) is 0 Å². The van der Waals surface area contributed by atoms with Gasteiger partial charge in [-0.2, -0.15) is 0 Å². The van der Waals surface area contributed by atoms with Gasteiger partial charge in [-0.25, -0.2) is 0 Å². The minimum atomic E-state index is -0.0296. The molecule has 3 nitrogen and oxygen atoms in total. The van der Waals surface area contributed by atoms with Gasteiger partial charge in [-0.3, -0.25) is 4.79 Å². The van der Waals surface area contributed by atoms with E-state index in [-0.39, 0.29) is 11.9 Å². The lowest BCUT2D eigenvalue weighted by molar-refractivity contribution is -0.118. The van der Waals surface area contributed by atoms with E-state index < -0.39 is 0 Å². The fourth-order valence-electron chi connectivity index (χ4n) is 2.71. The van der Waals surface area contributed by atoms with Crippen LogP contribution in [-0.4, -0.2) is 18.5 Å². The largest absolute Gasteiger partial charge is 0.324 e. The third-order valence-corrected chi connectivity index (χ3v) is 4.17. The van der Waals surface area contributed by atoms with Gasteiger partial charge in [0.05, 0.1) is 6.04 Å². The molecule has 0 saturated heterocycles. The summed E-state index contributed by atoms with van der Waals surface area (Å²) < 4.78 is 0. The van der Waals surface area contributed by atoms with Crippen LogP contribution in [0.2, 0.25) is 0 Å². The number of aryl methyl sites for hydroxylation is 1. The smallest absolute Gasteiger partial charge is 0.241 e. The number of carbonyl (C=O) groups excluding carboxylic acids is 1. The first kappa shape index (κ1) is 11.7. The first-order valence-electron chi connectivity index (χ1n) is 6.95. The average molecular weight is 244 g/mol. The zero-order chi connectivity index (χ0) is 12.4. The zero-order valence-corrected chi connectivity index (χ0v) is 10.6. The second kappa shape index (κ2) is 5.11. The van der Waals surface area contributed by atoms with Gasteiger partial charge in [0, 0.05) is 5.69 Å². The third-order valence-electron chi connectivity index (χ3n) is 4.17. The summed E-state index contributed by atoms with van der Waals surface area (Å²) in [6.07, 6.45) is 5.87. The molecule has 1 aromatic carbocycles. The minimum Gasteiger partial charge on any atom is -0.324 e. The first-order valence-corrected chi connectivity index (χ1v) is 6.95. The first-order chi connectivity index (χ1) is 8.83. The van der Waals surface area contributed by atoms with Crippen LogP contribution >= 0.6 is 0 Å². The van der Waals surface area contributed by atoms with Crippen molar-refractivity contribution in [3.63, 3.8) is 0 Å². The number of hydrogen-bond acceptors (Lipinski definition) is 2. The summed E-state index contributed by atoms with van der Waals surface area (Å²) in [4.78, 5) is 12.1. The van der Waals surface area contributed by atoms with Crippen LogP contribution in [-0.2, 0) is 11.2 Å². The van der Waals surface area contributed by atoms with E-state index in [2.05, 4.69) is 16.7 Å². The maximum absolute atomic E-state index is 12.1. The molecule has 0 bridgehead atoms. The van der Waals surface area contributed by atoms with Gasteiger partial charge in [0.15, 0.2) is 0 Å². The molecule has 1 aromatic rings. The maximum atomic E-state index is 12.1. The zero-order valence-electron chi connectivity index (χ0n) is 10.6. The molecule has 2 N–H and O–H groups in total. The molecule has 1 amide bonds. The molecule has 3 rings (SSSR count). The Balaban J connectivity index is 1.63. The highest BCUT2D eigenvalue weighted by Crippen LogP contribution is 2.26. The highest BCUT2D eigenvalue weighted by Gasteiger charge is 2.25. The van der Waals surface area contributed by atoms with Crippen LogP contribution in [0.4, 0.5) is 5.69 Å². The molecule has 1 aliphatic heterocycles. The number of carbonyl (C=O) groups is 1. The number of rotatable bonds is 3. The summed E-state index contributed by atoms with van der Waals surface area (Å²) in [7, 11) is 0. The monoisotopic (exact) mass is 244 g/mol. The van der Waals surface area contributed by atoms with Crippen molar-refractivity contribution in [1.29, 1.82) is 0 Å². The molecule has 1 saturated carbocycles. The maximum Gasteiger partial charge on any atom is 0.241 e.